The van der Waals surface area contributed by atoms with Crippen LogP contribution in [-0.2, 0) is 12.7 Å². The van der Waals surface area contributed by atoms with Crippen LogP contribution in [0.4, 0.5) is 35.5 Å². The molecule has 3 aromatic heterocycles. The number of rotatable bonds is 14. The SMILES string of the molecule is CCC[C@@H](CCCNc1ncc(C(F)(F)F)c(N2CC(C)(O)C2)n1)N(C(=O)NCc1ccccc1)c1cnc(-c2cnc(OC)nc2)cn1. The van der Waals surface area contributed by atoms with E-state index in [1.54, 1.807) is 30.4 Å². The first kappa shape index (κ1) is 35.2. The van der Waals surface area contributed by atoms with Crippen molar-refractivity contribution >= 4 is 23.6 Å². The van der Waals surface area contributed by atoms with Gasteiger partial charge in [-0.05, 0) is 31.7 Å². The number of nitrogens with zero attached hydrogens (tertiary/aromatic N) is 8. The van der Waals surface area contributed by atoms with Crippen molar-refractivity contribution in [3.05, 3.63) is 72.4 Å². The van der Waals surface area contributed by atoms with E-state index in [0.717, 1.165) is 18.2 Å². The Morgan fingerprint density at radius 3 is 2.39 bits per heavy atom. The number of amides is 2. The first-order chi connectivity index (χ1) is 23.5. The normalized spacial score (nSPS) is 14.5. The van der Waals surface area contributed by atoms with Crippen molar-refractivity contribution in [2.45, 2.75) is 63.9 Å². The molecule has 1 aliphatic rings. The molecule has 0 saturated carbocycles. The van der Waals surface area contributed by atoms with E-state index in [1.165, 1.54) is 18.2 Å². The fourth-order valence-electron chi connectivity index (χ4n) is 5.56. The van der Waals surface area contributed by atoms with Crippen molar-refractivity contribution in [3.63, 3.8) is 0 Å². The molecule has 1 atom stereocenters. The molecule has 16 heteroatoms. The van der Waals surface area contributed by atoms with E-state index in [4.69, 9.17) is 4.74 Å². The number of halogens is 3. The quantitative estimate of drug-likeness (QED) is 0.153. The van der Waals surface area contributed by atoms with Gasteiger partial charge in [0.1, 0.15) is 11.4 Å². The van der Waals surface area contributed by atoms with Gasteiger partial charge in [0.25, 0.3) is 0 Å². The van der Waals surface area contributed by atoms with Gasteiger partial charge in [-0.15, -0.1) is 0 Å². The summed E-state index contributed by atoms with van der Waals surface area (Å²) < 4.78 is 46.1. The lowest BCUT2D eigenvalue weighted by atomic mass is 9.96. The predicted octanol–water partition coefficient (Wildman–Crippen LogP) is 5.10. The van der Waals surface area contributed by atoms with Crippen LogP contribution in [0.5, 0.6) is 6.01 Å². The largest absolute Gasteiger partial charge is 0.467 e. The summed E-state index contributed by atoms with van der Waals surface area (Å²) in [5.41, 5.74) is 0.0457. The molecule has 3 N–H and O–H groups in total. The molecule has 0 spiro atoms. The van der Waals surface area contributed by atoms with Crippen LogP contribution in [0.1, 0.15) is 50.7 Å². The highest BCUT2D eigenvalue weighted by molar-refractivity contribution is 5.91. The molecule has 0 unspecified atom stereocenters. The van der Waals surface area contributed by atoms with Crippen LogP contribution >= 0.6 is 0 Å². The van der Waals surface area contributed by atoms with Crippen LogP contribution in [0.25, 0.3) is 11.3 Å². The third kappa shape index (κ3) is 9.07. The minimum atomic E-state index is -4.64. The second kappa shape index (κ2) is 15.4. The molecule has 13 nitrogen and oxygen atoms in total. The molecule has 1 fully saturated rings. The van der Waals surface area contributed by atoms with Crippen LogP contribution in [0, 0.1) is 0 Å². The molecule has 2 amide bonds. The summed E-state index contributed by atoms with van der Waals surface area (Å²) in [6.45, 7) is 4.30. The first-order valence-electron chi connectivity index (χ1n) is 15.9. The summed E-state index contributed by atoms with van der Waals surface area (Å²) in [5, 5.41) is 16.1. The number of β-amino-alcohol motifs (C(OH)–C–C–N with tert-alkyl or cyclic N) is 1. The Hall–Kier alpha value is -5.12. The Morgan fingerprint density at radius 2 is 1.78 bits per heavy atom. The molecule has 0 bridgehead atoms. The zero-order valence-corrected chi connectivity index (χ0v) is 27.5. The average Bonchev–Trinajstić information content (AvgIpc) is 3.08. The van der Waals surface area contributed by atoms with Crippen molar-refractivity contribution in [2.24, 2.45) is 0 Å². The van der Waals surface area contributed by atoms with Gasteiger partial charge in [-0.2, -0.15) is 18.2 Å². The number of carbonyl (C=O) groups is 1. The average molecular weight is 681 g/mol. The Morgan fingerprint density at radius 1 is 1.04 bits per heavy atom. The van der Waals surface area contributed by atoms with Gasteiger partial charge in [0.05, 0.1) is 30.8 Å². The minimum absolute atomic E-state index is 0.0329. The van der Waals surface area contributed by atoms with E-state index in [9.17, 15) is 23.1 Å². The second-order valence-electron chi connectivity index (χ2n) is 12.0. The number of urea groups is 1. The molecule has 49 heavy (non-hydrogen) atoms. The number of aromatic nitrogens is 6. The molecule has 4 heterocycles. The molecule has 0 aliphatic carbocycles. The summed E-state index contributed by atoms with van der Waals surface area (Å²) in [5.74, 6) is 0.129. The number of nitrogens with one attached hydrogen (secondary N) is 2. The van der Waals surface area contributed by atoms with Gasteiger partial charge in [-0.25, -0.2) is 24.7 Å². The maximum atomic E-state index is 13.8. The fraction of sp³-hybridized carbons (Fsp3) is 0.424. The third-order valence-corrected chi connectivity index (χ3v) is 7.92. The zero-order valence-electron chi connectivity index (χ0n) is 27.5. The van der Waals surface area contributed by atoms with Crippen molar-refractivity contribution in [3.8, 4) is 17.3 Å². The van der Waals surface area contributed by atoms with Crippen LogP contribution in [-0.4, -0.2) is 79.4 Å². The molecule has 1 saturated heterocycles. The van der Waals surface area contributed by atoms with E-state index >= 15 is 0 Å². The van der Waals surface area contributed by atoms with E-state index in [1.807, 2.05) is 37.3 Å². The maximum absolute atomic E-state index is 13.8. The number of hydrogen-bond acceptors (Lipinski definition) is 11. The van der Waals surface area contributed by atoms with Crippen LogP contribution < -0.4 is 25.2 Å². The Balaban J connectivity index is 1.30. The van der Waals surface area contributed by atoms with Crippen molar-refractivity contribution < 1.29 is 27.8 Å². The van der Waals surface area contributed by atoms with Gasteiger partial charge in [0, 0.05) is 56.4 Å². The Kier molecular flexibility index (Phi) is 11.1. The number of aliphatic hydroxyl groups is 1. The lowest BCUT2D eigenvalue weighted by molar-refractivity contribution is -0.137. The monoisotopic (exact) mass is 680 g/mol. The lowest BCUT2D eigenvalue weighted by Gasteiger charge is -2.45. The standard InChI is InChI=1S/C33H39F3N10O3/c1-4-9-24(12-8-13-37-29-40-17-25(33(34,35)36)28(44-29)45-20-32(2,48)21-45)46(31(47)43-14-22-10-6-5-7-11-22)27-19-38-26(18-39-27)23-15-41-30(49-3)42-16-23/h5-7,10-11,15-19,24,48H,4,8-9,12-14,20-21H2,1-3H3,(H,43,47)(H,37,40,44)/t24-/m0/s1. The van der Waals surface area contributed by atoms with Gasteiger partial charge >= 0.3 is 18.2 Å². The van der Waals surface area contributed by atoms with Crippen LogP contribution in [0.3, 0.4) is 0 Å². The highest BCUT2D eigenvalue weighted by atomic mass is 19.4. The Labute approximate surface area is 282 Å². The van der Waals surface area contributed by atoms with Gasteiger partial charge in [0.2, 0.25) is 5.95 Å². The van der Waals surface area contributed by atoms with Gasteiger partial charge in [-0.3, -0.25) is 9.88 Å². The van der Waals surface area contributed by atoms with Crippen molar-refractivity contribution in [2.75, 3.05) is 41.9 Å². The third-order valence-electron chi connectivity index (χ3n) is 7.92. The second-order valence-corrected chi connectivity index (χ2v) is 12.0. The van der Waals surface area contributed by atoms with E-state index in [-0.39, 0.29) is 42.9 Å². The van der Waals surface area contributed by atoms with Crippen LogP contribution in [0.15, 0.2) is 61.3 Å². The number of benzene rings is 1. The summed E-state index contributed by atoms with van der Waals surface area (Å²) in [7, 11) is 1.48. The number of anilines is 3. The molecule has 5 rings (SSSR count). The van der Waals surface area contributed by atoms with Gasteiger partial charge in [0.15, 0.2) is 5.82 Å². The van der Waals surface area contributed by atoms with E-state index < -0.39 is 17.3 Å². The predicted molar refractivity (Wildman–Crippen MR) is 177 cm³/mol. The summed E-state index contributed by atoms with van der Waals surface area (Å²) >= 11 is 0. The first-order valence-corrected chi connectivity index (χ1v) is 15.9. The lowest BCUT2D eigenvalue weighted by Crippen LogP contribution is -2.60. The molecule has 4 aromatic rings. The summed E-state index contributed by atoms with van der Waals surface area (Å²) in [6, 6.07) is 9.15. The van der Waals surface area contributed by atoms with Gasteiger partial charge < -0.3 is 25.4 Å². The van der Waals surface area contributed by atoms with E-state index in [2.05, 4.69) is 40.5 Å². The van der Waals surface area contributed by atoms with Gasteiger partial charge in [-0.1, -0.05) is 43.7 Å². The van der Waals surface area contributed by atoms with Crippen LogP contribution in [0.2, 0.25) is 0 Å². The fourth-order valence-corrected chi connectivity index (χ4v) is 5.56. The highest BCUT2D eigenvalue weighted by Gasteiger charge is 2.43. The number of methoxy groups -OCH3 is 1. The number of alkyl halides is 3. The molecular formula is C33H39F3N10O3. The topological polar surface area (TPSA) is 154 Å². The summed E-state index contributed by atoms with van der Waals surface area (Å²) in [6.07, 6.45) is 4.87. The molecule has 1 aliphatic heterocycles. The minimum Gasteiger partial charge on any atom is -0.467 e. The molecule has 0 radical (unpaired) electrons. The van der Waals surface area contributed by atoms with Crippen molar-refractivity contribution in [1.29, 1.82) is 0 Å². The highest BCUT2D eigenvalue weighted by Crippen LogP contribution is 2.38. The van der Waals surface area contributed by atoms with Crippen molar-refractivity contribution in [1.82, 2.24) is 35.2 Å². The zero-order chi connectivity index (χ0) is 35.0. The molecule has 260 valence electrons. The Bertz CT molecular complexity index is 1670. The molecular weight excluding hydrogens is 641 g/mol. The molecule has 1 aromatic carbocycles. The number of carbonyl (C=O) groups excluding carboxylic acids is 1. The smallest absolute Gasteiger partial charge is 0.421 e. The van der Waals surface area contributed by atoms with E-state index in [0.29, 0.717) is 49.4 Å². The number of ether oxygens (including phenoxy) is 1. The number of hydrogen-bond donors (Lipinski definition) is 3. The maximum Gasteiger partial charge on any atom is 0.421 e. The summed E-state index contributed by atoms with van der Waals surface area (Å²) in [4.78, 5) is 42.2.